The third kappa shape index (κ3) is 2.21. The number of nitrogens with zero attached hydrogens (tertiary/aromatic N) is 2. The summed E-state index contributed by atoms with van der Waals surface area (Å²) >= 11 is 12.0. The molecule has 0 unspecified atom stereocenters. The lowest BCUT2D eigenvalue weighted by atomic mass is 10.2. The van der Waals surface area contributed by atoms with Gasteiger partial charge in [-0.2, -0.15) is 0 Å². The molecule has 1 aromatic carbocycles. The van der Waals surface area contributed by atoms with Gasteiger partial charge in [0.2, 0.25) is 0 Å². The van der Waals surface area contributed by atoms with Gasteiger partial charge in [0.05, 0.1) is 5.02 Å². The highest BCUT2D eigenvalue weighted by Gasteiger charge is 2.09. The lowest BCUT2D eigenvalue weighted by Gasteiger charge is -2.07. The SMILES string of the molecule is NCCn1ccnc1-c1ccc(Cl)cc1Cl. The van der Waals surface area contributed by atoms with Crippen LogP contribution in [-0.2, 0) is 6.54 Å². The van der Waals surface area contributed by atoms with Crippen LogP contribution in [0.15, 0.2) is 30.6 Å². The standard InChI is InChI=1S/C11H11Cl2N3/c12-8-1-2-9(10(13)7-8)11-15-4-6-16(11)5-3-14/h1-2,4,6-7H,3,5,14H2. The summed E-state index contributed by atoms with van der Waals surface area (Å²) in [6.45, 7) is 1.28. The average molecular weight is 256 g/mol. The number of hydrogen-bond acceptors (Lipinski definition) is 2. The number of nitrogens with two attached hydrogens (primary N) is 1. The minimum Gasteiger partial charge on any atom is -0.330 e. The lowest BCUT2D eigenvalue weighted by molar-refractivity contribution is 0.715. The van der Waals surface area contributed by atoms with Gasteiger partial charge in [0.15, 0.2) is 0 Å². The fourth-order valence-corrected chi connectivity index (χ4v) is 2.04. The van der Waals surface area contributed by atoms with E-state index in [9.17, 15) is 0 Å². The maximum absolute atomic E-state index is 6.12. The summed E-state index contributed by atoms with van der Waals surface area (Å²) in [6, 6.07) is 5.37. The Morgan fingerprint density at radius 3 is 2.81 bits per heavy atom. The Kier molecular flexibility index (Phi) is 3.49. The van der Waals surface area contributed by atoms with E-state index in [0.717, 1.165) is 11.4 Å². The molecule has 0 spiro atoms. The van der Waals surface area contributed by atoms with Crippen LogP contribution < -0.4 is 5.73 Å². The predicted octanol–water partition coefficient (Wildman–Crippen LogP) is 2.82. The van der Waals surface area contributed by atoms with Crippen molar-refractivity contribution in [1.29, 1.82) is 0 Å². The first-order chi connectivity index (χ1) is 7.72. The van der Waals surface area contributed by atoms with E-state index in [2.05, 4.69) is 4.98 Å². The largest absolute Gasteiger partial charge is 0.330 e. The highest BCUT2D eigenvalue weighted by Crippen LogP contribution is 2.29. The van der Waals surface area contributed by atoms with Crippen molar-refractivity contribution in [1.82, 2.24) is 9.55 Å². The monoisotopic (exact) mass is 255 g/mol. The minimum atomic E-state index is 0.564. The number of hydrogen-bond donors (Lipinski definition) is 1. The van der Waals surface area contributed by atoms with E-state index in [1.807, 2.05) is 16.8 Å². The van der Waals surface area contributed by atoms with Crippen LogP contribution in [0.4, 0.5) is 0 Å². The van der Waals surface area contributed by atoms with Gasteiger partial charge in [-0.15, -0.1) is 0 Å². The topological polar surface area (TPSA) is 43.8 Å². The molecule has 2 N–H and O–H groups in total. The van der Waals surface area contributed by atoms with E-state index in [0.29, 0.717) is 23.1 Å². The number of benzene rings is 1. The minimum absolute atomic E-state index is 0.564. The number of halogens is 2. The van der Waals surface area contributed by atoms with E-state index in [-0.39, 0.29) is 0 Å². The molecule has 0 aliphatic carbocycles. The first-order valence-corrected chi connectivity index (χ1v) is 5.64. The van der Waals surface area contributed by atoms with Gasteiger partial charge in [0.25, 0.3) is 0 Å². The van der Waals surface area contributed by atoms with E-state index in [4.69, 9.17) is 28.9 Å². The van der Waals surface area contributed by atoms with Crippen molar-refractivity contribution in [2.24, 2.45) is 5.73 Å². The molecule has 84 valence electrons. The molecule has 0 amide bonds. The van der Waals surface area contributed by atoms with Crippen molar-refractivity contribution in [3.63, 3.8) is 0 Å². The Morgan fingerprint density at radius 2 is 2.12 bits per heavy atom. The quantitative estimate of drug-likeness (QED) is 0.917. The summed E-state index contributed by atoms with van der Waals surface area (Å²) in [6.07, 6.45) is 3.61. The van der Waals surface area contributed by atoms with Crippen molar-refractivity contribution in [2.75, 3.05) is 6.54 Å². The molecule has 2 aromatic rings. The molecule has 0 saturated carbocycles. The molecule has 3 nitrogen and oxygen atoms in total. The molecule has 0 atom stereocenters. The Bertz CT molecular complexity index is 494. The molecule has 1 heterocycles. The van der Waals surface area contributed by atoms with Gasteiger partial charge in [-0.3, -0.25) is 0 Å². The van der Waals surface area contributed by atoms with Gasteiger partial charge >= 0.3 is 0 Å². The zero-order valence-corrected chi connectivity index (χ0v) is 10.0. The van der Waals surface area contributed by atoms with Gasteiger partial charge in [0.1, 0.15) is 5.82 Å². The van der Waals surface area contributed by atoms with Crippen LogP contribution in [0.5, 0.6) is 0 Å². The molecular weight excluding hydrogens is 245 g/mol. The van der Waals surface area contributed by atoms with Crippen LogP contribution in [0.3, 0.4) is 0 Å². The summed E-state index contributed by atoms with van der Waals surface area (Å²) in [4.78, 5) is 4.28. The number of imidazole rings is 1. The first kappa shape index (κ1) is 11.5. The molecule has 0 saturated heterocycles. The van der Waals surface area contributed by atoms with Crippen molar-refractivity contribution in [3.05, 3.63) is 40.6 Å². The summed E-state index contributed by atoms with van der Waals surface area (Å²) < 4.78 is 1.97. The second kappa shape index (κ2) is 4.87. The first-order valence-electron chi connectivity index (χ1n) is 4.89. The second-order valence-corrected chi connectivity index (χ2v) is 4.20. The van der Waals surface area contributed by atoms with Crippen LogP contribution >= 0.6 is 23.2 Å². The fraction of sp³-hybridized carbons (Fsp3) is 0.182. The van der Waals surface area contributed by atoms with Crippen LogP contribution in [0.2, 0.25) is 10.0 Å². The smallest absolute Gasteiger partial charge is 0.141 e. The lowest BCUT2D eigenvalue weighted by Crippen LogP contribution is -2.10. The van der Waals surface area contributed by atoms with E-state index < -0.39 is 0 Å². The van der Waals surface area contributed by atoms with Crippen molar-refractivity contribution < 1.29 is 0 Å². The van der Waals surface area contributed by atoms with Crippen molar-refractivity contribution in [3.8, 4) is 11.4 Å². The third-order valence-electron chi connectivity index (χ3n) is 2.26. The zero-order chi connectivity index (χ0) is 11.5. The van der Waals surface area contributed by atoms with Crippen LogP contribution in [0.25, 0.3) is 11.4 Å². The van der Waals surface area contributed by atoms with Gasteiger partial charge in [-0.25, -0.2) is 4.98 Å². The maximum atomic E-state index is 6.12. The molecule has 1 aromatic heterocycles. The summed E-state index contributed by atoms with van der Waals surface area (Å²) in [5.74, 6) is 0.812. The van der Waals surface area contributed by atoms with Crippen LogP contribution in [-0.4, -0.2) is 16.1 Å². The predicted molar refractivity (Wildman–Crippen MR) is 66.7 cm³/mol. The Balaban J connectivity index is 2.46. The van der Waals surface area contributed by atoms with Crippen molar-refractivity contribution in [2.45, 2.75) is 6.54 Å². The van der Waals surface area contributed by atoms with Gasteiger partial charge in [-0.1, -0.05) is 23.2 Å². The summed E-state index contributed by atoms with van der Waals surface area (Å²) in [5, 5.41) is 1.21. The van der Waals surface area contributed by atoms with E-state index >= 15 is 0 Å². The maximum Gasteiger partial charge on any atom is 0.141 e. The van der Waals surface area contributed by atoms with E-state index in [1.54, 1.807) is 18.3 Å². The molecule has 5 heteroatoms. The molecular formula is C11H11Cl2N3. The zero-order valence-electron chi connectivity index (χ0n) is 8.53. The molecule has 0 bridgehead atoms. The van der Waals surface area contributed by atoms with Gasteiger partial charge < -0.3 is 10.3 Å². The fourth-order valence-electron chi connectivity index (χ4n) is 1.54. The molecule has 0 radical (unpaired) electrons. The van der Waals surface area contributed by atoms with Gasteiger partial charge in [-0.05, 0) is 18.2 Å². The van der Waals surface area contributed by atoms with E-state index in [1.165, 1.54) is 0 Å². The Hall–Kier alpha value is -1.03. The van der Waals surface area contributed by atoms with Gasteiger partial charge in [0, 0.05) is 36.1 Å². The molecule has 0 aliphatic rings. The molecule has 0 fully saturated rings. The Labute approximate surface area is 104 Å². The number of rotatable bonds is 3. The normalized spacial score (nSPS) is 10.7. The van der Waals surface area contributed by atoms with Crippen LogP contribution in [0, 0.1) is 0 Å². The molecule has 0 aliphatic heterocycles. The summed E-state index contributed by atoms with van der Waals surface area (Å²) in [5.41, 5.74) is 6.39. The third-order valence-corrected chi connectivity index (χ3v) is 2.81. The highest BCUT2D eigenvalue weighted by molar-refractivity contribution is 6.36. The van der Waals surface area contributed by atoms with Crippen LogP contribution in [0.1, 0.15) is 0 Å². The van der Waals surface area contributed by atoms with Crippen molar-refractivity contribution >= 4 is 23.2 Å². The molecule has 2 rings (SSSR count). The number of aromatic nitrogens is 2. The second-order valence-electron chi connectivity index (χ2n) is 3.36. The average Bonchev–Trinajstić information content (AvgIpc) is 2.67. The highest BCUT2D eigenvalue weighted by atomic mass is 35.5. The molecule has 16 heavy (non-hydrogen) atoms. The summed E-state index contributed by atoms with van der Waals surface area (Å²) in [7, 11) is 0. The Morgan fingerprint density at radius 1 is 1.31 bits per heavy atom.